The summed E-state index contributed by atoms with van der Waals surface area (Å²) in [7, 11) is 0. The van der Waals surface area contributed by atoms with Gasteiger partial charge in [-0.3, -0.25) is 5.26 Å². The molecule has 0 bridgehead atoms. The predicted octanol–water partition coefficient (Wildman–Crippen LogP) is 5.28. The lowest BCUT2D eigenvalue weighted by molar-refractivity contribution is -0.305. The zero-order valence-electron chi connectivity index (χ0n) is 13.8. The summed E-state index contributed by atoms with van der Waals surface area (Å²) in [5.41, 5.74) is 0.869. The molecular formula is C19H32O2. The van der Waals surface area contributed by atoms with Crippen LogP contribution in [0.25, 0.3) is 0 Å². The van der Waals surface area contributed by atoms with Gasteiger partial charge in [-0.15, -0.1) is 0 Å². The van der Waals surface area contributed by atoms with Gasteiger partial charge in [-0.25, -0.2) is 4.89 Å². The van der Waals surface area contributed by atoms with Crippen molar-refractivity contribution >= 4 is 0 Å². The fourth-order valence-electron chi connectivity index (χ4n) is 7.42. The molecule has 0 aromatic rings. The molecule has 1 N–H and O–H groups in total. The molecule has 0 spiro atoms. The van der Waals surface area contributed by atoms with Crippen LogP contribution in [0.4, 0.5) is 0 Å². The second-order valence-electron chi connectivity index (χ2n) is 9.12. The number of hydrogen-bond acceptors (Lipinski definition) is 2. The first-order valence-electron chi connectivity index (χ1n) is 9.40. The van der Waals surface area contributed by atoms with Gasteiger partial charge in [0.1, 0.15) is 0 Å². The molecule has 4 saturated carbocycles. The zero-order chi connectivity index (χ0) is 14.7. The second kappa shape index (κ2) is 4.96. The first-order valence-corrected chi connectivity index (χ1v) is 9.40. The monoisotopic (exact) mass is 292 g/mol. The molecule has 120 valence electrons. The normalized spacial score (nSPS) is 56.4. The van der Waals surface area contributed by atoms with Gasteiger partial charge in [-0.05, 0) is 80.5 Å². The van der Waals surface area contributed by atoms with Crippen molar-refractivity contribution in [3.05, 3.63) is 0 Å². The van der Waals surface area contributed by atoms with E-state index in [0.29, 0.717) is 5.41 Å². The Morgan fingerprint density at radius 2 is 1.62 bits per heavy atom. The molecule has 0 amide bonds. The summed E-state index contributed by atoms with van der Waals surface area (Å²) in [5, 5.41) is 9.30. The van der Waals surface area contributed by atoms with E-state index in [4.69, 9.17) is 4.89 Å². The summed E-state index contributed by atoms with van der Waals surface area (Å²) in [6, 6.07) is 0. The third-order valence-corrected chi connectivity index (χ3v) is 8.62. The third kappa shape index (κ3) is 1.91. The van der Waals surface area contributed by atoms with Crippen molar-refractivity contribution in [2.75, 3.05) is 0 Å². The molecule has 21 heavy (non-hydrogen) atoms. The van der Waals surface area contributed by atoms with Crippen LogP contribution in [0.1, 0.15) is 78.1 Å². The Hall–Kier alpha value is -0.0800. The fraction of sp³-hybridized carbons (Fsp3) is 1.00. The highest BCUT2D eigenvalue weighted by Gasteiger charge is 2.60. The van der Waals surface area contributed by atoms with Gasteiger partial charge in [0.25, 0.3) is 0 Å². The summed E-state index contributed by atoms with van der Waals surface area (Å²) in [6.45, 7) is 5.03. The van der Waals surface area contributed by atoms with Crippen LogP contribution in [0.3, 0.4) is 0 Å². The van der Waals surface area contributed by atoms with E-state index in [0.717, 1.165) is 30.1 Å². The highest BCUT2D eigenvalue weighted by Crippen LogP contribution is 2.66. The first-order chi connectivity index (χ1) is 10.1. The smallest absolute Gasteiger partial charge is 0.0983 e. The molecule has 0 aliphatic heterocycles. The maximum atomic E-state index is 9.30. The number of hydrogen-bond donors (Lipinski definition) is 1. The molecule has 2 unspecified atom stereocenters. The fourth-order valence-corrected chi connectivity index (χ4v) is 7.42. The Morgan fingerprint density at radius 3 is 2.43 bits per heavy atom. The first kappa shape index (κ1) is 14.5. The van der Waals surface area contributed by atoms with Crippen molar-refractivity contribution < 1.29 is 10.1 Å². The second-order valence-corrected chi connectivity index (χ2v) is 9.12. The Morgan fingerprint density at radius 1 is 0.810 bits per heavy atom. The predicted molar refractivity (Wildman–Crippen MR) is 83.8 cm³/mol. The maximum absolute atomic E-state index is 9.30. The molecule has 4 aliphatic carbocycles. The molecular weight excluding hydrogens is 260 g/mol. The molecule has 4 fully saturated rings. The third-order valence-electron chi connectivity index (χ3n) is 8.62. The highest BCUT2D eigenvalue weighted by molar-refractivity contribution is 5.09. The molecule has 2 heteroatoms. The van der Waals surface area contributed by atoms with Crippen LogP contribution in [0.2, 0.25) is 0 Å². The summed E-state index contributed by atoms with van der Waals surface area (Å²) >= 11 is 0. The summed E-state index contributed by atoms with van der Waals surface area (Å²) in [6.07, 6.45) is 13.9. The molecule has 4 rings (SSSR count). The Kier molecular flexibility index (Phi) is 3.43. The lowest BCUT2D eigenvalue weighted by Crippen LogP contribution is -2.53. The standard InChI is InChI=1S/C19H32O2/c1-18-11-4-3-5-13(18)6-7-14-15-8-9-17(21-20)19(15,2)12-10-16(14)18/h13-17,20H,3-12H2,1-2H3/t13?,14-,15-,16-,17?,18-,19-/m0/s1. The van der Waals surface area contributed by atoms with Crippen molar-refractivity contribution in [1.29, 1.82) is 0 Å². The van der Waals surface area contributed by atoms with E-state index in [1.165, 1.54) is 57.8 Å². The van der Waals surface area contributed by atoms with Crippen molar-refractivity contribution in [2.24, 2.45) is 34.5 Å². The molecule has 0 radical (unpaired) electrons. The van der Waals surface area contributed by atoms with E-state index in [9.17, 15) is 5.26 Å². The van der Waals surface area contributed by atoms with Crippen molar-refractivity contribution in [3.8, 4) is 0 Å². The highest BCUT2D eigenvalue weighted by atomic mass is 17.1. The van der Waals surface area contributed by atoms with Crippen LogP contribution in [0.5, 0.6) is 0 Å². The van der Waals surface area contributed by atoms with E-state index in [1.807, 2.05) is 0 Å². The van der Waals surface area contributed by atoms with Crippen molar-refractivity contribution in [2.45, 2.75) is 84.2 Å². The minimum atomic E-state index is 0.0975. The van der Waals surface area contributed by atoms with Crippen LogP contribution in [0.15, 0.2) is 0 Å². The lowest BCUT2D eigenvalue weighted by Gasteiger charge is -2.60. The van der Waals surface area contributed by atoms with Crippen LogP contribution in [0, 0.1) is 34.5 Å². The van der Waals surface area contributed by atoms with Crippen molar-refractivity contribution in [3.63, 3.8) is 0 Å². The topological polar surface area (TPSA) is 29.5 Å². The molecule has 2 nitrogen and oxygen atoms in total. The van der Waals surface area contributed by atoms with E-state index >= 15 is 0 Å². The Balaban J connectivity index is 1.62. The lowest BCUT2D eigenvalue weighted by atomic mass is 9.45. The van der Waals surface area contributed by atoms with Gasteiger partial charge in [0.2, 0.25) is 0 Å². The van der Waals surface area contributed by atoms with Gasteiger partial charge in [-0.2, -0.15) is 0 Å². The van der Waals surface area contributed by atoms with Crippen LogP contribution < -0.4 is 0 Å². The number of fused-ring (bicyclic) bond motifs is 5. The van der Waals surface area contributed by atoms with Gasteiger partial charge in [0.05, 0.1) is 6.10 Å². The van der Waals surface area contributed by atoms with Crippen molar-refractivity contribution in [1.82, 2.24) is 0 Å². The SMILES string of the molecule is C[C@]12CCCCC1CC[C@@H]1[C@@H]2CC[C@]2(C)C(OO)CC[C@@H]12. The Labute approximate surface area is 129 Å². The van der Waals surface area contributed by atoms with Gasteiger partial charge in [0.15, 0.2) is 0 Å². The molecule has 0 heterocycles. The Bertz CT molecular complexity index is 408. The average Bonchev–Trinajstić information content (AvgIpc) is 2.83. The molecule has 0 saturated heterocycles. The largest absolute Gasteiger partial charge is 0.252 e. The maximum Gasteiger partial charge on any atom is 0.0983 e. The minimum absolute atomic E-state index is 0.0975. The van der Waals surface area contributed by atoms with Crippen LogP contribution >= 0.6 is 0 Å². The van der Waals surface area contributed by atoms with Gasteiger partial charge in [0, 0.05) is 5.41 Å². The van der Waals surface area contributed by atoms with E-state index in [-0.39, 0.29) is 11.5 Å². The molecule has 7 atom stereocenters. The number of rotatable bonds is 1. The molecule has 4 aliphatic rings. The molecule has 0 aromatic carbocycles. The van der Waals surface area contributed by atoms with E-state index in [2.05, 4.69) is 13.8 Å². The van der Waals surface area contributed by atoms with Crippen LogP contribution in [-0.2, 0) is 4.89 Å². The summed E-state index contributed by atoms with van der Waals surface area (Å²) < 4.78 is 0. The molecule has 0 aromatic heterocycles. The zero-order valence-corrected chi connectivity index (χ0v) is 13.8. The van der Waals surface area contributed by atoms with E-state index in [1.54, 1.807) is 0 Å². The summed E-state index contributed by atoms with van der Waals surface area (Å²) in [4.78, 5) is 4.90. The van der Waals surface area contributed by atoms with Gasteiger partial charge < -0.3 is 0 Å². The van der Waals surface area contributed by atoms with Gasteiger partial charge >= 0.3 is 0 Å². The summed E-state index contributed by atoms with van der Waals surface area (Å²) in [5.74, 6) is 3.66. The quantitative estimate of drug-likeness (QED) is 0.526. The van der Waals surface area contributed by atoms with Gasteiger partial charge in [-0.1, -0.05) is 26.7 Å². The average molecular weight is 292 g/mol. The minimum Gasteiger partial charge on any atom is -0.252 e. The van der Waals surface area contributed by atoms with Crippen LogP contribution in [-0.4, -0.2) is 11.4 Å². The van der Waals surface area contributed by atoms with E-state index < -0.39 is 0 Å².